The van der Waals surface area contributed by atoms with Crippen LogP contribution in [0.3, 0.4) is 0 Å². The second-order valence-corrected chi connectivity index (χ2v) is 6.81. The molecule has 5 rings (SSSR count). The molecule has 0 aliphatic heterocycles. The standard InChI is InChI=1S/C22H17N3O2/c1-25(2)17-12-16(23-13-8-4-3-5-9-13)18-19-20(17)24-27-22(19)15-11-7-6-10-14(15)21(18)26/h3-12,23H,1-2H3. The Morgan fingerprint density at radius 1 is 0.963 bits per heavy atom. The molecule has 0 saturated carbocycles. The van der Waals surface area contributed by atoms with Crippen LogP contribution in [0.4, 0.5) is 17.1 Å². The van der Waals surface area contributed by atoms with Crippen LogP contribution in [0.5, 0.6) is 0 Å². The third-order valence-corrected chi connectivity index (χ3v) is 4.91. The van der Waals surface area contributed by atoms with Gasteiger partial charge in [0.25, 0.3) is 0 Å². The molecule has 0 amide bonds. The van der Waals surface area contributed by atoms with Gasteiger partial charge in [-0.15, -0.1) is 0 Å². The number of nitrogens with one attached hydrogen (secondary N) is 1. The number of aromatic nitrogens is 1. The van der Waals surface area contributed by atoms with Crippen molar-refractivity contribution in [2.45, 2.75) is 0 Å². The van der Waals surface area contributed by atoms with Crippen molar-refractivity contribution in [1.29, 1.82) is 0 Å². The van der Waals surface area contributed by atoms with E-state index in [9.17, 15) is 4.79 Å². The van der Waals surface area contributed by atoms with Gasteiger partial charge in [0.05, 0.1) is 22.3 Å². The predicted molar refractivity (Wildman–Crippen MR) is 107 cm³/mol. The number of hydrogen-bond acceptors (Lipinski definition) is 5. The normalized spacial score (nSPS) is 12.1. The molecule has 1 aromatic heterocycles. The van der Waals surface area contributed by atoms with Gasteiger partial charge in [0.1, 0.15) is 5.52 Å². The molecule has 5 heteroatoms. The molecule has 0 spiro atoms. The smallest absolute Gasteiger partial charge is 0.196 e. The summed E-state index contributed by atoms with van der Waals surface area (Å²) in [5.41, 5.74) is 5.30. The second kappa shape index (κ2) is 5.71. The third kappa shape index (κ3) is 2.25. The fourth-order valence-corrected chi connectivity index (χ4v) is 3.66. The van der Waals surface area contributed by atoms with Gasteiger partial charge in [-0.1, -0.05) is 47.6 Å². The second-order valence-electron chi connectivity index (χ2n) is 6.81. The van der Waals surface area contributed by atoms with Crippen molar-refractivity contribution in [2.24, 2.45) is 0 Å². The molecule has 27 heavy (non-hydrogen) atoms. The van der Waals surface area contributed by atoms with Gasteiger partial charge in [0, 0.05) is 30.9 Å². The molecule has 132 valence electrons. The van der Waals surface area contributed by atoms with Crippen molar-refractivity contribution >= 4 is 33.7 Å². The molecule has 0 atom stereocenters. The largest absolute Gasteiger partial charge is 0.376 e. The lowest BCUT2D eigenvalue weighted by atomic mass is 9.86. The minimum absolute atomic E-state index is 0.0185. The first-order valence-electron chi connectivity index (χ1n) is 8.75. The molecule has 3 aromatic carbocycles. The van der Waals surface area contributed by atoms with E-state index in [4.69, 9.17) is 4.52 Å². The van der Waals surface area contributed by atoms with Crippen molar-refractivity contribution in [2.75, 3.05) is 24.3 Å². The molecule has 1 aliphatic rings. The van der Waals surface area contributed by atoms with E-state index in [0.717, 1.165) is 28.0 Å². The number of hydrogen-bond donors (Lipinski definition) is 1. The molecule has 1 heterocycles. The first kappa shape index (κ1) is 15.6. The topological polar surface area (TPSA) is 58.4 Å². The van der Waals surface area contributed by atoms with E-state index in [1.807, 2.05) is 79.7 Å². The number of benzene rings is 3. The molecular weight excluding hydrogens is 338 g/mol. The van der Waals surface area contributed by atoms with Crippen LogP contribution in [0.15, 0.2) is 65.2 Å². The Balaban J connectivity index is 1.85. The van der Waals surface area contributed by atoms with Gasteiger partial charge in [-0.3, -0.25) is 4.79 Å². The summed E-state index contributed by atoms with van der Waals surface area (Å²) in [7, 11) is 3.91. The average Bonchev–Trinajstić information content (AvgIpc) is 3.12. The lowest BCUT2D eigenvalue weighted by molar-refractivity contribution is 0.104. The van der Waals surface area contributed by atoms with Crippen molar-refractivity contribution < 1.29 is 9.32 Å². The first-order valence-corrected chi connectivity index (χ1v) is 8.75. The number of ketones is 1. The number of carbonyl (C=O) groups excluding carboxylic acids is 1. The average molecular weight is 355 g/mol. The molecule has 4 aromatic rings. The Morgan fingerprint density at radius 2 is 1.67 bits per heavy atom. The van der Waals surface area contributed by atoms with Crippen LogP contribution in [0.1, 0.15) is 15.9 Å². The predicted octanol–water partition coefficient (Wildman–Crippen LogP) is 4.85. The number of para-hydroxylation sites is 1. The van der Waals surface area contributed by atoms with Crippen molar-refractivity contribution in [3.63, 3.8) is 0 Å². The molecule has 0 saturated heterocycles. The van der Waals surface area contributed by atoms with Crippen LogP contribution in [0, 0.1) is 0 Å². The highest BCUT2D eigenvalue weighted by Gasteiger charge is 2.33. The monoisotopic (exact) mass is 355 g/mol. The lowest BCUT2D eigenvalue weighted by Gasteiger charge is -2.21. The number of anilines is 3. The highest BCUT2D eigenvalue weighted by molar-refractivity contribution is 6.28. The zero-order chi connectivity index (χ0) is 18.5. The van der Waals surface area contributed by atoms with Crippen LogP contribution < -0.4 is 10.2 Å². The fraction of sp³-hybridized carbons (Fsp3) is 0.0909. The number of carbonyl (C=O) groups is 1. The Bertz CT molecular complexity index is 1190. The summed E-state index contributed by atoms with van der Waals surface area (Å²) >= 11 is 0. The number of nitrogens with zero attached hydrogens (tertiary/aromatic N) is 2. The third-order valence-electron chi connectivity index (χ3n) is 4.91. The SMILES string of the molecule is CN(C)c1cc(Nc2ccccc2)c2c3c(onc13)-c1ccccc1C2=O. The van der Waals surface area contributed by atoms with Crippen molar-refractivity contribution in [3.8, 4) is 11.3 Å². The zero-order valence-electron chi connectivity index (χ0n) is 15.0. The fourth-order valence-electron chi connectivity index (χ4n) is 3.66. The first-order chi connectivity index (χ1) is 13.1. The van der Waals surface area contributed by atoms with Gasteiger partial charge in [-0.2, -0.15) is 0 Å². The molecular formula is C22H17N3O2. The molecule has 5 nitrogen and oxygen atoms in total. The number of rotatable bonds is 3. The van der Waals surface area contributed by atoms with E-state index in [-0.39, 0.29) is 5.78 Å². The van der Waals surface area contributed by atoms with Gasteiger partial charge < -0.3 is 14.7 Å². The van der Waals surface area contributed by atoms with Crippen LogP contribution >= 0.6 is 0 Å². The summed E-state index contributed by atoms with van der Waals surface area (Å²) in [6.45, 7) is 0. The molecule has 0 fully saturated rings. The summed E-state index contributed by atoms with van der Waals surface area (Å²) in [6, 6.07) is 19.3. The molecule has 0 radical (unpaired) electrons. The highest BCUT2D eigenvalue weighted by Crippen LogP contribution is 2.45. The minimum Gasteiger partial charge on any atom is -0.376 e. The maximum atomic E-state index is 13.4. The Hall–Kier alpha value is -3.60. The quantitative estimate of drug-likeness (QED) is 0.501. The maximum Gasteiger partial charge on any atom is 0.196 e. The van der Waals surface area contributed by atoms with Gasteiger partial charge >= 0.3 is 0 Å². The van der Waals surface area contributed by atoms with Gasteiger partial charge in [-0.25, -0.2) is 0 Å². The number of fused-ring (bicyclic) bond motifs is 2. The van der Waals surface area contributed by atoms with Crippen molar-refractivity contribution in [1.82, 2.24) is 5.16 Å². The van der Waals surface area contributed by atoms with E-state index < -0.39 is 0 Å². The molecule has 1 aliphatic carbocycles. The van der Waals surface area contributed by atoms with E-state index in [2.05, 4.69) is 10.5 Å². The Labute approximate surface area is 156 Å². The Kier molecular flexibility index (Phi) is 3.31. The summed E-state index contributed by atoms with van der Waals surface area (Å²) in [4.78, 5) is 15.3. The Morgan fingerprint density at radius 3 is 2.41 bits per heavy atom. The molecule has 1 N–H and O–H groups in total. The summed E-state index contributed by atoms with van der Waals surface area (Å²) in [5.74, 6) is 0.630. The van der Waals surface area contributed by atoms with E-state index >= 15 is 0 Å². The summed E-state index contributed by atoms with van der Waals surface area (Å²) in [5, 5.41) is 8.47. The minimum atomic E-state index is -0.0185. The maximum absolute atomic E-state index is 13.4. The summed E-state index contributed by atoms with van der Waals surface area (Å²) < 4.78 is 5.71. The van der Waals surface area contributed by atoms with E-state index in [1.54, 1.807) is 0 Å². The molecule has 0 unspecified atom stereocenters. The van der Waals surface area contributed by atoms with Crippen LogP contribution in [0.2, 0.25) is 0 Å². The van der Waals surface area contributed by atoms with Crippen LogP contribution in [-0.2, 0) is 0 Å². The summed E-state index contributed by atoms with van der Waals surface area (Å²) in [6.07, 6.45) is 0. The van der Waals surface area contributed by atoms with Gasteiger partial charge in [-0.05, 0) is 18.2 Å². The van der Waals surface area contributed by atoms with Crippen LogP contribution in [-0.4, -0.2) is 25.0 Å². The lowest BCUT2D eigenvalue weighted by Crippen LogP contribution is -2.15. The zero-order valence-corrected chi connectivity index (χ0v) is 15.0. The van der Waals surface area contributed by atoms with Crippen LogP contribution in [0.25, 0.3) is 22.2 Å². The molecule has 0 bridgehead atoms. The highest BCUT2D eigenvalue weighted by atomic mass is 16.5. The van der Waals surface area contributed by atoms with Gasteiger partial charge in [0.2, 0.25) is 0 Å². The van der Waals surface area contributed by atoms with Gasteiger partial charge in [0.15, 0.2) is 11.5 Å². The van der Waals surface area contributed by atoms with E-state index in [1.165, 1.54) is 0 Å². The van der Waals surface area contributed by atoms with E-state index in [0.29, 0.717) is 22.4 Å². The van der Waals surface area contributed by atoms with Crippen molar-refractivity contribution in [3.05, 3.63) is 71.8 Å².